The Morgan fingerprint density at radius 3 is 2.33 bits per heavy atom. The summed E-state index contributed by atoms with van der Waals surface area (Å²) in [5.74, 6) is 1.02. The minimum absolute atomic E-state index is 0.0112. The van der Waals surface area contributed by atoms with E-state index in [0.29, 0.717) is 12.6 Å². The zero-order chi connectivity index (χ0) is 14.8. The molecule has 0 aromatic carbocycles. The number of rotatable bonds is 2. The van der Waals surface area contributed by atoms with E-state index >= 15 is 0 Å². The maximum absolute atomic E-state index is 12.6. The van der Waals surface area contributed by atoms with Crippen molar-refractivity contribution in [2.24, 2.45) is 11.8 Å². The molecule has 3 fully saturated rings. The van der Waals surface area contributed by atoms with Crippen molar-refractivity contribution in [3.63, 3.8) is 0 Å². The fraction of sp³-hybridized carbons (Fsp3) is 0.875. The van der Waals surface area contributed by atoms with Crippen LogP contribution in [0.4, 0.5) is 4.79 Å². The largest absolute Gasteiger partial charge is 0.342 e. The van der Waals surface area contributed by atoms with E-state index in [1.54, 1.807) is 0 Å². The zero-order valence-corrected chi connectivity index (χ0v) is 13.0. The lowest BCUT2D eigenvalue weighted by molar-refractivity contribution is -0.138. The van der Waals surface area contributed by atoms with Crippen LogP contribution in [-0.2, 0) is 4.79 Å². The van der Waals surface area contributed by atoms with Gasteiger partial charge in [0.25, 0.3) is 0 Å². The third-order valence-corrected chi connectivity index (χ3v) is 5.06. The van der Waals surface area contributed by atoms with E-state index in [0.717, 1.165) is 64.1 Å². The number of urea groups is 1. The highest BCUT2D eigenvalue weighted by atomic mass is 16.2. The average Bonchev–Trinajstić information content (AvgIpc) is 3.31. The summed E-state index contributed by atoms with van der Waals surface area (Å²) in [4.78, 5) is 28.6. The summed E-state index contributed by atoms with van der Waals surface area (Å²) in [5, 5.41) is 3.03. The molecule has 1 aliphatic carbocycles. The Kier molecular flexibility index (Phi) is 4.36. The highest BCUT2D eigenvalue weighted by Crippen LogP contribution is 2.24. The van der Waals surface area contributed by atoms with Gasteiger partial charge in [0, 0.05) is 32.2 Å². The van der Waals surface area contributed by atoms with Gasteiger partial charge in [-0.25, -0.2) is 4.79 Å². The maximum atomic E-state index is 12.6. The predicted molar refractivity (Wildman–Crippen MR) is 80.8 cm³/mol. The van der Waals surface area contributed by atoms with Gasteiger partial charge in [0.05, 0.1) is 5.92 Å². The van der Waals surface area contributed by atoms with Gasteiger partial charge in [-0.2, -0.15) is 0 Å². The maximum Gasteiger partial charge on any atom is 0.317 e. The minimum Gasteiger partial charge on any atom is -0.342 e. The van der Waals surface area contributed by atoms with Gasteiger partial charge < -0.3 is 15.1 Å². The first-order valence-corrected chi connectivity index (χ1v) is 8.47. The molecule has 2 aliphatic heterocycles. The second-order valence-electron chi connectivity index (χ2n) is 7.02. The number of carbonyl (C=O) groups is 2. The summed E-state index contributed by atoms with van der Waals surface area (Å²) in [6.07, 6.45) is 6.31. The lowest BCUT2D eigenvalue weighted by atomic mass is 9.93. The highest BCUT2D eigenvalue weighted by Gasteiger charge is 2.33. The van der Waals surface area contributed by atoms with E-state index in [9.17, 15) is 9.59 Å². The standard InChI is InChI=1S/C16H27N3O2/c1-12-6-9-18(10-7-12)15(20)13-3-2-8-19(11-13)16(21)17-14-4-5-14/h12-14H,2-11H2,1H3,(H,17,21). The van der Waals surface area contributed by atoms with Crippen LogP contribution >= 0.6 is 0 Å². The number of piperidine rings is 2. The lowest BCUT2D eigenvalue weighted by Crippen LogP contribution is -2.51. The van der Waals surface area contributed by atoms with Crippen LogP contribution in [0.2, 0.25) is 0 Å². The summed E-state index contributed by atoms with van der Waals surface area (Å²) in [7, 11) is 0. The Labute approximate surface area is 127 Å². The van der Waals surface area contributed by atoms with Crippen LogP contribution in [0.3, 0.4) is 0 Å². The van der Waals surface area contributed by atoms with Gasteiger partial charge in [0.1, 0.15) is 0 Å². The number of carbonyl (C=O) groups excluding carboxylic acids is 2. The average molecular weight is 293 g/mol. The lowest BCUT2D eigenvalue weighted by Gasteiger charge is -2.37. The summed E-state index contributed by atoms with van der Waals surface area (Å²) < 4.78 is 0. The van der Waals surface area contributed by atoms with Crippen molar-refractivity contribution in [3.8, 4) is 0 Å². The first-order chi connectivity index (χ1) is 10.1. The van der Waals surface area contributed by atoms with E-state index in [1.807, 2.05) is 9.80 Å². The van der Waals surface area contributed by atoms with Crippen LogP contribution in [0.5, 0.6) is 0 Å². The fourth-order valence-electron chi connectivity index (χ4n) is 3.34. The molecule has 118 valence electrons. The molecule has 3 rings (SSSR count). The van der Waals surface area contributed by atoms with Crippen molar-refractivity contribution in [3.05, 3.63) is 0 Å². The number of hydrogen-bond acceptors (Lipinski definition) is 2. The normalized spacial score (nSPS) is 27.6. The van der Waals surface area contributed by atoms with E-state index in [-0.39, 0.29) is 17.9 Å². The summed E-state index contributed by atoms with van der Waals surface area (Å²) >= 11 is 0. The van der Waals surface area contributed by atoms with Crippen LogP contribution in [-0.4, -0.2) is 54.0 Å². The molecule has 5 heteroatoms. The number of amides is 3. The molecule has 2 saturated heterocycles. The van der Waals surface area contributed by atoms with E-state index < -0.39 is 0 Å². The molecule has 0 spiro atoms. The first kappa shape index (κ1) is 14.7. The SMILES string of the molecule is CC1CCN(C(=O)C2CCCN(C(=O)NC3CC3)C2)CC1. The molecule has 0 bridgehead atoms. The molecule has 2 heterocycles. The Morgan fingerprint density at radius 1 is 0.952 bits per heavy atom. The Balaban J connectivity index is 1.52. The molecule has 0 radical (unpaired) electrons. The van der Waals surface area contributed by atoms with Gasteiger partial charge in [0.2, 0.25) is 5.91 Å². The number of nitrogens with zero attached hydrogens (tertiary/aromatic N) is 2. The Hall–Kier alpha value is -1.26. The summed E-state index contributed by atoms with van der Waals surface area (Å²) in [6.45, 7) is 5.44. The van der Waals surface area contributed by atoms with Crippen molar-refractivity contribution in [1.82, 2.24) is 15.1 Å². The number of hydrogen-bond donors (Lipinski definition) is 1. The van der Waals surface area contributed by atoms with Crippen LogP contribution < -0.4 is 5.32 Å². The van der Waals surface area contributed by atoms with Crippen LogP contribution in [0, 0.1) is 11.8 Å². The Morgan fingerprint density at radius 2 is 1.67 bits per heavy atom. The third-order valence-electron chi connectivity index (χ3n) is 5.06. The summed E-state index contributed by atoms with van der Waals surface area (Å²) in [5.41, 5.74) is 0. The number of likely N-dealkylation sites (tertiary alicyclic amines) is 2. The quantitative estimate of drug-likeness (QED) is 0.844. The van der Waals surface area contributed by atoms with Crippen LogP contribution in [0.25, 0.3) is 0 Å². The van der Waals surface area contributed by atoms with Crippen LogP contribution in [0.1, 0.15) is 45.4 Å². The van der Waals surface area contributed by atoms with E-state index in [4.69, 9.17) is 0 Å². The van der Waals surface area contributed by atoms with Gasteiger partial charge >= 0.3 is 6.03 Å². The van der Waals surface area contributed by atoms with Gasteiger partial charge in [-0.3, -0.25) is 4.79 Å². The molecule has 5 nitrogen and oxygen atoms in total. The zero-order valence-electron chi connectivity index (χ0n) is 13.0. The molecule has 0 aromatic heterocycles. The molecule has 1 N–H and O–H groups in total. The monoisotopic (exact) mass is 293 g/mol. The first-order valence-electron chi connectivity index (χ1n) is 8.47. The molecule has 0 aromatic rings. The van der Waals surface area contributed by atoms with Gasteiger partial charge in [-0.1, -0.05) is 6.92 Å². The molecule has 3 amide bonds. The van der Waals surface area contributed by atoms with E-state index in [2.05, 4.69) is 12.2 Å². The second-order valence-corrected chi connectivity index (χ2v) is 7.02. The topological polar surface area (TPSA) is 52.7 Å². The third kappa shape index (κ3) is 3.69. The van der Waals surface area contributed by atoms with Gasteiger partial charge in [0.15, 0.2) is 0 Å². The van der Waals surface area contributed by atoms with E-state index in [1.165, 1.54) is 0 Å². The number of nitrogens with one attached hydrogen (secondary N) is 1. The van der Waals surface area contributed by atoms with Crippen molar-refractivity contribution < 1.29 is 9.59 Å². The van der Waals surface area contributed by atoms with Gasteiger partial charge in [-0.05, 0) is 44.4 Å². The molecule has 3 aliphatic rings. The second kappa shape index (κ2) is 6.24. The van der Waals surface area contributed by atoms with Gasteiger partial charge in [-0.15, -0.1) is 0 Å². The molecule has 21 heavy (non-hydrogen) atoms. The van der Waals surface area contributed by atoms with Crippen molar-refractivity contribution in [2.75, 3.05) is 26.2 Å². The molecule has 1 atom stereocenters. The molecular formula is C16H27N3O2. The van der Waals surface area contributed by atoms with Crippen LogP contribution in [0.15, 0.2) is 0 Å². The molecule has 1 unspecified atom stereocenters. The molecule has 1 saturated carbocycles. The van der Waals surface area contributed by atoms with Crippen molar-refractivity contribution in [1.29, 1.82) is 0 Å². The molecular weight excluding hydrogens is 266 g/mol. The minimum atomic E-state index is 0.0112. The van der Waals surface area contributed by atoms with Crippen molar-refractivity contribution in [2.45, 2.75) is 51.5 Å². The Bertz CT molecular complexity index is 400. The highest BCUT2D eigenvalue weighted by molar-refractivity contribution is 5.81. The summed E-state index contributed by atoms with van der Waals surface area (Å²) in [6, 6.07) is 0.416. The predicted octanol–water partition coefficient (Wildman–Crippen LogP) is 1.83. The smallest absolute Gasteiger partial charge is 0.317 e. The van der Waals surface area contributed by atoms with Crippen molar-refractivity contribution >= 4 is 11.9 Å². The fourth-order valence-corrected chi connectivity index (χ4v) is 3.34.